The third-order valence-corrected chi connectivity index (χ3v) is 6.88. The van der Waals surface area contributed by atoms with Gasteiger partial charge in [-0.15, -0.1) is 0 Å². The van der Waals surface area contributed by atoms with Gasteiger partial charge in [-0.2, -0.15) is 0 Å². The molecule has 150 valence electrons. The summed E-state index contributed by atoms with van der Waals surface area (Å²) in [4.78, 5) is 2.36. The lowest BCUT2D eigenvalue weighted by atomic mass is 9.74. The summed E-state index contributed by atoms with van der Waals surface area (Å²) >= 11 is 6.13. The summed E-state index contributed by atoms with van der Waals surface area (Å²) in [5.74, 6) is 1.38. The van der Waals surface area contributed by atoms with Gasteiger partial charge in [0, 0.05) is 41.2 Å². The maximum atomic E-state index is 13.3. The van der Waals surface area contributed by atoms with Gasteiger partial charge < -0.3 is 4.52 Å². The zero-order valence-corrected chi connectivity index (χ0v) is 16.9. The molecule has 0 spiro atoms. The van der Waals surface area contributed by atoms with E-state index in [1.165, 1.54) is 5.56 Å². The van der Waals surface area contributed by atoms with Crippen LogP contribution in [0.3, 0.4) is 0 Å². The van der Waals surface area contributed by atoms with Crippen molar-refractivity contribution in [2.75, 3.05) is 13.2 Å². The zero-order chi connectivity index (χ0) is 19.8. The molecule has 0 amide bonds. The molecule has 5 heteroatoms. The molecule has 2 fully saturated rings. The van der Waals surface area contributed by atoms with E-state index in [1.807, 2.05) is 42.5 Å². The van der Waals surface area contributed by atoms with Crippen LogP contribution >= 0.6 is 11.6 Å². The Labute approximate surface area is 175 Å². The van der Waals surface area contributed by atoms with Gasteiger partial charge in [-0.05, 0) is 42.9 Å². The van der Waals surface area contributed by atoms with Gasteiger partial charge in [-0.25, -0.2) is 4.39 Å². The number of piperidine rings is 1. The maximum Gasteiger partial charge on any atom is 0.142 e. The molecule has 4 atom stereocenters. The molecule has 1 aromatic heterocycles. The van der Waals surface area contributed by atoms with Crippen molar-refractivity contribution >= 4 is 11.6 Å². The minimum absolute atomic E-state index is 0.159. The zero-order valence-electron chi connectivity index (χ0n) is 16.2. The second-order valence-electron chi connectivity index (χ2n) is 8.13. The van der Waals surface area contributed by atoms with Crippen molar-refractivity contribution in [2.45, 2.75) is 43.2 Å². The van der Waals surface area contributed by atoms with Crippen LogP contribution in [0.2, 0.25) is 5.02 Å². The van der Waals surface area contributed by atoms with Crippen molar-refractivity contribution in [1.29, 1.82) is 0 Å². The predicted octanol–water partition coefficient (Wildman–Crippen LogP) is 6.07. The molecule has 5 rings (SSSR count). The second kappa shape index (κ2) is 7.92. The lowest BCUT2D eigenvalue weighted by Gasteiger charge is -2.43. The van der Waals surface area contributed by atoms with Crippen molar-refractivity contribution in [1.82, 2.24) is 10.1 Å². The monoisotopic (exact) mass is 410 g/mol. The average Bonchev–Trinajstić information content (AvgIpc) is 3.34. The van der Waals surface area contributed by atoms with Crippen molar-refractivity contribution in [2.24, 2.45) is 0 Å². The number of benzene rings is 2. The van der Waals surface area contributed by atoms with Gasteiger partial charge in [-0.1, -0.05) is 59.2 Å². The van der Waals surface area contributed by atoms with E-state index in [1.54, 1.807) is 0 Å². The molecule has 3 nitrogen and oxygen atoms in total. The molecule has 2 aromatic carbocycles. The standard InChI is InChI=1S/C24H24ClFN2O/c25-18-8-6-16(7-9-18)20-14-19-10-11-22(28(19)13-12-26)24(20)23-15-21(27-29-23)17-4-2-1-3-5-17/h1-9,15,19-20,22,24H,10-14H2/t19-,20+,22+,24-/m0/s1. The van der Waals surface area contributed by atoms with Gasteiger partial charge in [0.15, 0.2) is 0 Å². The summed E-state index contributed by atoms with van der Waals surface area (Å²) in [5.41, 5.74) is 3.17. The van der Waals surface area contributed by atoms with Crippen LogP contribution in [0.1, 0.15) is 42.4 Å². The number of fused-ring (bicyclic) bond motifs is 2. The van der Waals surface area contributed by atoms with Gasteiger partial charge >= 0.3 is 0 Å². The Bertz CT molecular complexity index is 959. The number of aromatic nitrogens is 1. The van der Waals surface area contributed by atoms with E-state index in [0.29, 0.717) is 18.5 Å². The molecular weight excluding hydrogens is 387 g/mol. The molecule has 2 bridgehead atoms. The summed E-state index contributed by atoms with van der Waals surface area (Å²) in [5, 5.41) is 5.11. The molecule has 0 unspecified atom stereocenters. The molecule has 29 heavy (non-hydrogen) atoms. The third-order valence-electron chi connectivity index (χ3n) is 6.63. The Balaban J connectivity index is 1.54. The fourth-order valence-corrected chi connectivity index (χ4v) is 5.52. The molecule has 2 aliphatic rings. The molecule has 0 radical (unpaired) electrons. The molecule has 0 N–H and O–H groups in total. The first kappa shape index (κ1) is 18.8. The normalized spacial score (nSPS) is 26.7. The number of halogens is 2. The number of nitrogens with zero attached hydrogens (tertiary/aromatic N) is 2. The molecule has 0 saturated carbocycles. The van der Waals surface area contributed by atoms with Crippen LogP contribution in [0.5, 0.6) is 0 Å². The Morgan fingerprint density at radius 2 is 1.86 bits per heavy atom. The first-order chi connectivity index (χ1) is 14.2. The average molecular weight is 411 g/mol. The summed E-state index contributed by atoms with van der Waals surface area (Å²) in [6, 6.07) is 21.0. The molecule has 2 aliphatic heterocycles. The highest BCUT2D eigenvalue weighted by Gasteiger charge is 2.49. The van der Waals surface area contributed by atoms with E-state index in [4.69, 9.17) is 16.1 Å². The largest absolute Gasteiger partial charge is 0.360 e. The predicted molar refractivity (Wildman–Crippen MR) is 113 cm³/mol. The van der Waals surface area contributed by atoms with Crippen molar-refractivity contribution in [3.05, 3.63) is 77.0 Å². The lowest BCUT2D eigenvalue weighted by molar-refractivity contribution is 0.0876. The van der Waals surface area contributed by atoms with Crippen LogP contribution in [0, 0.1) is 0 Å². The first-order valence-corrected chi connectivity index (χ1v) is 10.7. The van der Waals surface area contributed by atoms with Crippen LogP contribution in [0.25, 0.3) is 11.3 Å². The van der Waals surface area contributed by atoms with Gasteiger partial charge in [0.2, 0.25) is 0 Å². The Morgan fingerprint density at radius 3 is 2.62 bits per heavy atom. The number of rotatable bonds is 5. The minimum Gasteiger partial charge on any atom is -0.360 e. The van der Waals surface area contributed by atoms with Gasteiger partial charge in [0.1, 0.15) is 18.1 Å². The summed E-state index contributed by atoms with van der Waals surface area (Å²) in [6.07, 6.45) is 3.19. The lowest BCUT2D eigenvalue weighted by Crippen LogP contribution is -2.47. The first-order valence-electron chi connectivity index (χ1n) is 10.3. The quantitative estimate of drug-likeness (QED) is 0.511. The molecule has 3 heterocycles. The second-order valence-corrected chi connectivity index (χ2v) is 8.56. The van der Waals surface area contributed by atoms with Gasteiger partial charge in [-0.3, -0.25) is 4.90 Å². The van der Waals surface area contributed by atoms with E-state index < -0.39 is 0 Å². The fourth-order valence-electron chi connectivity index (χ4n) is 5.39. The van der Waals surface area contributed by atoms with Crippen LogP contribution in [-0.4, -0.2) is 35.4 Å². The van der Waals surface area contributed by atoms with E-state index in [2.05, 4.69) is 28.3 Å². The Kier molecular flexibility index (Phi) is 5.15. The summed E-state index contributed by atoms with van der Waals surface area (Å²) in [7, 11) is 0. The number of hydrogen-bond donors (Lipinski definition) is 0. The fraction of sp³-hybridized carbons (Fsp3) is 0.375. The SMILES string of the molecule is FCCN1[C@H]2CC[C@@H]1[C@@H](c1cc(-c3ccccc3)no1)[C@@H](c1ccc(Cl)cc1)C2. The van der Waals surface area contributed by atoms with Gasteiger partial charge in [0.05, 0.1) is 0 Å². The van der Waals surface area contributed by atoms with E-state index in [0.717, 1.165) is 41.3 Å². The van der Waals surface area contributed by atoms with E-state index in [9.17, 15) is 4.39 Å². The van der Waals surface area contributed by atoms with E-state index >= 15 is 0 Å². The van der Waals surface area contributed by atoms with Crippen molar-refractivity contribution in [3.63, 3.8) is 0 Å². The van der Waals surface area contributed by atoms with Crippen molar-refractivity contribution < 1.29 is 8.91 Å². The maximum absolute atomic E-state index is 13.3. The van der Waals surface area contributed by atoms with Gasteiger partial charge in [0.25, 0.3) is 0 Å². The highest BCUT2D eigenvalue weighted by Crippen LogP contribution is 2.51. The Morgan fingerprint density at radius 1 is 1.07 bits per heavy atom. The molecule has 3 aromatic rings. The smallest absolute Gasteiger partial charge is 0.142 e. The van der Waals surface area contributed by atoms with E-state index in [-0.39, 0.29) is 18.6 Å². The molecule has 2 saturated heterocycles. The summed E-state index contributed by atoms with van der Waals surface area (Å²) < 4.78 is 19.2. The van der Waals surface area contributed by atoms with Crippen molar-refractivity contribution in [3.8, 4) is 11.3 Å². The van der Waals surface area contributed by atoms with Crippen LogP contribution in [0.15, 0.2) is 65.2 Å². The summed E-state index contributed by atoms with van der Waals surface area (Å²) in [6.45, 7) is 0.190. The Hall–Kier alpha value is -2.17. The highest BCUT2D eigenvalue weighted by atomic mass is 35.5. The molecule has 0 aliphatic carbocycles. The number of hydrogen-bond acceptors (Lipinski definition) is 3. The topological polar surface area (TPSA) is 29.3 Å². The third kappa shape index (κ3) is 3.49. The molecular formula is C24H24ClFN2O. The van der Waals surface area contributed by atoms with Crippen LogP contribution < -0.4 is 0 Å². The minimum atomic E-state index is -0.309. The van der Waals surface area contributed by atoms with Crippen LogP contribution in [0.4, 0.5) is 4.39 Å². The number of alkyl halides is 1. The van der Waals surface area contributed by atoms with Crippen LogP contribution in [-0.2, 0) is 0 Å². The highest BCUT2D eigenvalue weighted by molar-refractivity contribution is 6.30.